The Bertz CT molecular complexity index is 3480. The number of carbonyl (C=O) groups is 3. The average Bonchev–Trinajstić information content (AvgIpc) is 3.96. The SMILES string of the molecule is C[C@@H]1c2c(C(F)(F)F)nn(CC(=O)N[C@@H](Cc3cc(F)cc(F)c3)c3nc(CCC(C)(C)S(C)(=O)=O)ccc3-c3ccc(Cl)c4c(N(C(=O)CN(C)C(=O)OCOP(=O)(O)O)S(C)(=O)=O)nn(CC(F)(F)F)c34)c2C(F)(F)[C@@H]1C. The van der Waals surface area contributed by atoms with Gasteiger partial charge in [0, 0.05) is 47.7 Å². The molecule has 79 heavy (non-hydrogen) atoms. The maximum atomic E-state index is 15.8. The zero-order valence-electron chi connectivity index (χ0n) is 42.3. The quantitative estimate of drug-likeness (QED) is 0.0403. The number of fused-ring (bicyclic) bond motifs is 2. The monoisotopic (exact) mass is 1210 g/mol. The number of amides is 3. The summed E-state index contributed by atoms with van der Waals surface area (Å²) in [6.07, 6.45) is -11.8. The molecule has 0 fully saturated rings. The number of phosphoric acid groups is 1. The fourth-order valence-electron chi connectivity index (χ4n) is 8.64. The summed E-state index contributed by atoms with van der Waals surface area (Å²) in [4.78, 5) is 63.7. The highest BCUT2D eigenvalue weighted by molar-refractivity contribution is 7.93. The van der Waals surface area contributed by atoms with Gasteiger partial charge in [-0.05, 0) is 68.9 Å². The third-order valence-electron chi connectivity index (χ3n) is 12.9. The van der Waals surface area contributed by atoms with Gasteiger partial charge < -0.3 is 24.7 Å². The lowest BCUT2D eigenvalue weighted by Crippen LogP contribution is -2.44. The number of pyridine rings is 1. The van der Waals surface area contributed by atoms with Crippen LogP contribution in [0, 0.1) is 17.6 Å². The Morgan fingerprint density at radius 3 is 2.10 bits per heavy atom. The number of benzene rings is 2. The van der Waals surface area contributed by atoms with Crippen molar-refractivity contribution in [3.8, 4) is 11.1 Å². The molecule has 3 amide bonds. The van der Waals surface area contributed by atoms with E-state index in [1.165, 1.54) is 26.0 Å². The van der Waals surface area contributed by atoms with E-state index in [9.17, 15) is 70.9 Å². The molecule has 0 saturated carbocycles. The number of carbonyl (C=O) groups excluding carboxylic acids is 3. The van der Waals surface area contributed by atoms with Gasteiger partial charge in [0.15, 0.2) is 21.3 Å². The molecule has 0 unspecified atom stereocenters. The summed E-state index contributed by atoms with van der Waals surface area (Å²) in [6, 6.07) is 4.71. The number of aromatic nitrogens is 5. The zero-order chi connectivity index (χ0) is 59.5. The van der Waals surface area contributed by atoms with Crippen molar-refractivity contribution in [3.05, 3.63) is 93.0 Å². The van der Waals surface area contributed by atoms with E-state index in [0.29, 0.717) is 17.2 Å². The Morgan fingerprint density at radius 1 is 0.937 bits per heavy atom. The molecule has 3 atom stereocenters. The normalized spacial score (nSPS) is 16.5. The number of hydrogen-bond acceptors (Lipinski definition) is 13. The van der Waals surface area contributed by atoms with E-state index in [0.717, 1.165) is 51.4 Å². The maximum Gasteiger partial charge on any atom is 0.472 e. The van der Waals surface area contributed by atoms with E-state index in [1.807, 2.05) is 0 Å². The maximum absolute atomic E-state index is 15.8. The topological polar surface area (TPSA) is 263 Å². The van der Waals surface area contributed by atoms with E-state index >= 15 is 8.78 Å². The minimum Gasteiger partial charge on any atom is -0.422 e. The van der Waals surface area contributed by atoms with Crippen molar-refractivity contribution in [2.75, 3.05) is 37.2 Å². The second kappa shape index (κ2) is 22.2. The summed E-state index contributed by atoms with van der Waals surface area (Å²) >= 11 is 6.64. The van der Waals surface area contributed by atoms with E-state index < -0.39 is 181 Å². The summed E-state index contributed by atoms with van der Waals surface area (Å²) < 4.78 is 219. The molecule has 6 rings (SSSR count). The van der Waals surface area contributed by atoms with Crippen molar-refractivity contribution in [3.63, 3.8) is 0 Å². The van der Waals surface area contributed by atoms with Crippen LogP contribution in [-0.4, -0.2) is 118 Å². The van der Waals surface area contributed by atoms with Crippen molar-refractivity contribution in [2.24, 2.45) is 5.92 Å². The van der Waals surface area contributed by atoms with Gasteiger partial charge in [0.05, 0.1) is 38.7 Å². The number of ether oxygens (including phenoxy) is 1. The van der Waals surface area contributed by atoms with Gasteiger partial charge in [-0.1, -0.05) is 37.6 Å². The Balaban J connectivity index is 1.60. The molecule has 2 aromatic carbocycles. The number of halogens is 11. The highest BCUT2D eigenvalue weighted by Gasteiger charge is 2.57. The van der Waals surface area contributed by atoms with E-state index in [-0.39, 0.29) is 43.3 Å². The Kier molecular flexibility index (Phi) is 17.5. The average molecular weight is 1210 g/mol. The second-order valence-corrected chi connectivity index (χ2v) is 25.3. The molecule has 1 aliphatic carbocycles. The van der Waals surface area contributed by atoms with Gasteiger partial charge in [-0.25, -0.2) is 39.5 Å². The minimum absolute atomic E-state index is 0.0121. The van der Waals surface area contributed by atoms with Crippen LogP contribution in [0.2, 0.25) is 5.02 Å². The van der Waals surface area contributed by atoms with Gasteiger partial charge in [-0.15, -0.1) is 0 Å². The minimum atomic E-state index is -5.29. The van der Waals surface area contributed by atoms with Crippen LogP contribution >= 0.6 is 19.4 Å². The molecule has 0 saturated heterocycles. The van der Waals surface area contributed by atoms with Gasteiger partial charge in [-0.2, -0.15) is 49.6 Å². The lowest BCUT2D eigenvalue weighted by atomic mass is 9.93. The number of likely N-dealkylation sites (N-methyl/N-ethyl adjacent to an activating group) is 1. The van der Waals surface area contributed by atoms with Crippen molar-refractivity contribution >= 4 is 73.9 Å². The first-order chi connectivity index (χ1) is 36.0. The Labute approximate surface area is 448 Å². The highest BCUT2D eigenvalue weighted by atomic mass is 35.5. The van der Waals surface area contributed by atoms with Crippen LogP contribution in [0.15, 0.2) is 42.5 Å². The molecule has 34 heteroatoms. The second-order valence-electron chi connectivity index (χ2n) is 19.2. The van der Waals surface area contributed by atoms with Crippen LogP contribution in [0.4, 0.5) is 54.5 Å². The van der Waals surface area contributed by atoms with E-state index in [1.54, 1.807) is 0 Å². The molecule has 434 valence electrons. The predicted molar refractivity (Wildman–Crippen MR) is 260 cm³/mol. The lowest BCUT2D eigenvalue weighted by Gasteiger charge is -2.25. The molecule has 3 heterocycles. The number of sulfone groups is 1. The number of nitrogens with one attached hydrogen (secondary N) is 1. The van der Waals surface area contributed by atoms with Gasteiger partial charge in [0.25, 0.3) is 11.8 Å². The molecular weight excluding hydrogens is 1170 g/mol. The van der Waals surface area contributed by atoms with Crippen molar-refractivity contribution in [2.45, 2.75) is 95.0 Å². The van der Waals surface area contributed by atoms with Crippen LogP contribution in [0.3, 0.4) is 0 Å². The molecule has 0 spiro atoms. The molecule has 5 aromatic rings. The molecule has 20 nitrogen and oxygen atoms in total. The zero-order valence-corrected chi connectivity index (χ0v) is 45.5. The molecule has 0 aliphatic heterocycles. The van der Waals surface area contributed by atoms with E-state index in [4.69, 9.17) is 21.4 Å². The van der Waals surface area contributed by atoms with Gasteiger partial charge in [-0.3, -0.25) is 23.9 Å². The van der Waals surface area contributed by atoms with E-state index in [2.05, 4.69) is 29.8 Å². The molecule has 3 aromatic heterocycles. The third-order valence-corrected chi connectivity index (χ3v) is 16.9. The van der Waals surface area contributed by atoms with Crippen LogP contribution in [0.5, 0.6) is 0 Å². The molecule has 1 aliphatic rings. The fraction of sp³-hybridized carbons (Fsp3) is 0.467. The van der Waals surface area contributed by atoms with Gasteiger partial charge in [0.1, 0.15) is 37.0 Å². The van der Waals surface area contributed by atoms with Crippen molar-refractivity contribution in [1.82, 2.24) is 34.8 Å². The Morgan fingerprint density at radius 2 is 1.54 bits per heavy atom. The highest BCUT2D eigenvalue weighted by Crippen LogP contribution is 2.55. The van der Waals surface area contributed by atoms with Crippen molar-refractivity contribution in [1.29, 1.82) is 0 Å². The fourth-order valence-corrected chi connectivity index (χ4v) is 10.4. The number of alkyl halides is 8. The van der Waals surface area contributed by atoms with Crippen LogP contribution in [0.25, 0.3) is 22.0 Å². The molecule has 0 bridgehead atoms. The number of phosphoric ester groups is 1. The van der Waals surface area contributed by atoms with Crippen LogP contribution in [-0.2, 0) is 81.3 Å². The molecule has 3 N–H and O–H groups in total. The predicted octanol–water partition coefficient (Wildman–Crippen LogP) is 7.94. The third kappa shape index (κ3) is 14.0. The summed E-state index contributed by atoms with van der Waals surface area (Å²) in [6.45, 7) is -1.23. The molecule has 0 radical (unpaired) electrons. The number of hydrogen-bond donors (Lipinski definition) is 3. The number of sulfonamides is 1. The number of rotatable bonds is 19. The summed E-state index contributed by atoms with van der Waals surface area (Å²) in [7, 11) is -13.2. The first-order valence-corrected chi connectivity index (χ1v) is 28.5. The summed E-state index contributed by atoms with van der Waals surface area (Å²) in [5, 5.41) is 8.39. The van der Waals surface area contributed by atoms with Crippen LogP contribution < -0.4 is 9.62 Å². The number of aryl methyl sites for hydroxylation is 1. The van der Waals surface area contributed by atoms with Gasteiger partial charge in [0.2, 0.25) is 22.7 Å². The standard InChI is InChI=1S/C45H48ClF10N8O12PS2/c1-22-23(2)44(52,53)39-34(22)38(45(54,55)56)59-62(39)18-32(65)58-31(16-24-14-25(47)17-26(48)15-24)36-28(9-8-27(57-36)12-13-42(3,4)78(6,71)72)29-10-11-30(46)35-37(29)63(20-43(49,50)51)60-40(35)64(79(7,73)74)33(66)19-61(5)41(67)75-21-76-77(68,69)70/h8-11,14-15,17,22-23,31H,12-13,16,18-21H2,1-7H3,(H,58,65)(H2,68,69,70)/t22-,23+,31-/m0/s1. The summed E-state index contributed by atoms with van der Waals surface area (Å²) in [5.74, 6) is -13.6. The Hall–Kier alpha value is -5.92. The number of anilines is 1. The first kappa shape index (κ1) is 62.3. The number of nitrogens with zero attached hydrogens (tertiary/aromatic N) is 7. The first-order valence-electron chi connectivity index (χ1n) is 22.9. The van der Waals surface area contributed by atoms with Crippen LogP contribution in [0.1, 0.15) is 80.0 Å². The lowest BCUT2D eigenvalue weighted by molar-refractivity contribution is -0.143. The largest absolute Gasteiger partial charge is 0.472 e. The van der Waals surface area contributed by atoms with Crippen molar-refractivity contribution < 1.29 is 98.7 Å². The molecular formula is C45H48ClF10N8O12PS2. The smallest absolute Gasteiger partial charge is 0.422 e. The van der Waals surface area contributed by atoms with Gasteiger partial charge >= 0.3 is 26.3 Å². The summed E-state index contributed by atoms with van der Waals surface area (Å²) in [5.41, 5.74) is -6.04.